The van der Waals surface area contributed by atoms with Crippen molar-refractivity contribution in [3.63, 3.8) is 0 Å². The predicted octanol–water partition coefficient (Wildman–Crippen LogP) is 3.15. The van der Waals surface area contributed by atoms with E-state index < -0.39 is 11.6 Å². The van der Waals surface area contributed by atoms with Crippen LogP contribution < -0.4 is 5.32 Å². The van der Waals surface area contributed by atoms with Gasteiger partial charge in [0, 0.05) is 43.1 Å². The maximum absolute atomic E-state index is 13.7. The van der Waals surface area contributed by atoms with Crippen LogP contribution in [0.1, 0.15) is 32.1 Å². The highest BCUT2D eigenvalue weighted by Crippen LogP contribution is 2.33. The lowest BCUT2D eigenvalue weighted by Crippen LogP contribution is -2.33. The average Bonchev–Trinajstić information content (AvgIpc) is 3.03. The van der Waals surface area contributed by atoms with Crippen LogP contribution >= 0.6 is 11.3 Å². The monoisotopic (exact) mass is 378 g/mol. The molecule has 1 heterocycles. The number of carbonyl (C=O) groups is 2. The fourth-order valence-electron chi connectivity index (χ4n) is 3.06. The van der Waals surface area contributed by atoms with Gasteiger partial charge in [-0.2, -0.15) is 0 Å². The summed E-state index contributed by atoms with van der Waals surface area (Å²) in [5.74, 6) is -1.69. The summed E-state index contributed by atoms with van der Waals surface area (Å²) in [6, 6.07) is 5.19. The highest BCUT2D eigenvalue weighted by molar-refractivity contribution is 7.14. The van der Waals surface area contributed by atoms with E-state index in [-0.39, 0.29) is 29.8 Å². The molecule has 1 aliphatic carbocycles. The Morgan fingerprint density at radius 1 is 1.27 bits per heavy atom. The van der Waals surface area contributed by atoms with E-state index >= 15 is 0 Å². The lowest BCUT2D eigenvalue weighted by atomic mass is 9.87. The van der Waals surface area contributed by atoms with Gasteiger partial charge in [0.1, 0.15) is 11.6 Å². The number of carbonyl (C=O) groups excluding carboxylic acids is 2. The Bertz CT molecular complexity index is 848. The maximum Gasteiger partial charge on any atom is 0.263 e. The fraction of sp³-hybridized carbons (Fsp3) is 0.368. The van der Waals surface area contributed by atoms with Gasteiger partial charge in [-0.05, 0) is 37.0 Å². The molecule has 0 radical (unpaired) electrons. The van der Waals surface area contributed by atoms with Crippen LogP contribution in [-0.2, 0) is 24.2 Å². The second-order valence-corrected chi connectivity index (χ2v) is 7.79. The van der Waals surface area contributed by atoms with E-state index in [1.807, 2.05) is 6.07 Å². The average molecular weight is 378 g/mol. The molecule has 0 saturated heterocycles. The Morgan fingerprint density at radius 2 is 2.04 bits per heavy atom. The Kier molecular flexibility index (Phi) is 5.36. The number of hydrogen-bond donors (Lipinski definition) is 1. The van der Waals surface area contributed by atoms with Crippen molar-refractivity contribution in [2.75, 3.05) is 14.1 Å². The van der Waals surface area contributed by atoms with Gasteiger partial charge >= 0.3 is 0 Å². The quantitative estimate of drug-likeness (QED) is 0.889. The van der Waals surface area contributed by atoms with Crippen LogP contribution in [0, 0.1) is 17.6 Å². The van der Waals surface area contributed by atoms with E-state index in [4.69, 9.17) is 0 Å². The second-order valence-electron chi connectivity index (χ2n) is 6.65. The van der Waals surface area contributed by atoms with Crippen molar-refractivity contribution in [2.45, 2.75) is 25.8 Å². The molecule has 0 bridgehead atoms. The minimum absolute atomic E-state index is 0.0301. The first-order valence-corrected chi connectivity index (χ1v) is 9.21. The molecule has 1 N–H and O–H groups in total. The lowest BCUT2D eigenvalue weighted by molar-refractivity contribution is -0.125. The van der Waals surface area contributed by atoms with Crippen LogP contribution in [0.15, 0.2) is 24.3 Å². The SMILES string of the molecule is CN(C)C(=O)c1cc2c(s1)CC[C@@H](C(=O)NCc1ccc(F)cc1F)C2. The van der Waals surface area contributed by atoms with Crippen LogP contribution in [0.2, 0.25) is 0 Å². The Balaban J connectivity index is 1.63. The summed E-state index contributed by atoms with van der Waals surface area (Å²) in [5.41, 5.74) is 1.30. The normalized spacial score (nSPS) is 16.1. The van der Waals surface area contributed by atoms with Crippen molar-refractivity contribution in [3.8, 4) is 0 Å². The number of halogens is 2. The van der Waals surface area contributed by atoms with Crippen molar-refractivity contribution >= 4 is 23.2 Å². The molecule has 26 heavy (non-hydrogen) atoms. The molecule has 0 spiro atoms. The van der Waals surface area contributed by atoms with Gasteiger partial charge in [0.05, 0.1) is 4.88 Å². The van der Waals surface area contributed by atoms with Crippen LogP contribution in [-0.4, -0.2) is 30.8 Å². The largest absolute Gasteiger partial charge is 0.352 e. The van der Waals surface area contributed by atoms with E-state index in [2.05, 4.69) is 5.32 Å². The van der Waals surface area contributed by atoms with Crippen LogP contribution in [0.3, 0.4) is 0 Å². The number of amides is 2. The summed E-state index contributed by atoms with van der Waals surface area (Å²) in [4.78, 5) is 27.9. The number of thiophene rings is 1. The standard InChI is InChI=1S/C19H20F2N2O2S/c1-23(2)19(25)17-8-13-7-11(4-6-16(13)26-17)18(24)22-10-12-3-5-14(20)9-15(12)21/h3,5,8-9,11H,4,6-7,10H2,1-2H3,(H,22,24)/t11-/m1/s1. The van der Waals surface area contributed by atoms with E-state index in [1.165, 1.54) is 23.5 Å². The maximum atomic E-state index is 13.7. The van der Waals surface area contributed by atoms with Gasteiger partial charge in [0.25, 0.3) is 5.91 Å². The minimum Gasteiger partial charge on any atom is -0.352 e. The van der Waals surface area contributed by atoms with Gasteiger partial charge in [-0.25, -0.2) is 8.78 Å². The molecule has 0 saturated carbocycles. The summed E-state index contributed by atoms with van der Waals surface area (Å²) in [6.45, 7) is 0.0301. The molecule has 0 unspecified atom stereocenters. The molecule has 4 nitrogen and oxygen atoms in total. The number of aryl methyl sites for hydroxylation is 1. The molecule has 1 aromatic heterocycles. The molecule has 0 aliphatic heterocycles. The predicted molar refractivity (Wildman–Crippen MR) is 96.1 cm³/mol. The summed E-state index contributed by atoms with van der Waals surface area (Å²) in [7, 11) is 3.43. The molecule has 3 rings (SSSR count). The zero-order chi connectivity index (χ0) is 18.8. The van der Waals surface area contributed by atoms with Crippen LogP contribution in [0.5, 0.6) is 0 Å². The molecule has 2 aromatic rings. The molecule has 138 valence electrons. The van der Waals surface area contributed by atoms with Crippen molar-refractivity contribution in [3.05, 3.63) is 56.8 Å². The third kappa shape index (κ3) is 3.93. The van der Waals surface area contributed by atoms with Gasteiger partial charge < -0.3 is 10.2 Å². The highest BCUT2D eigenvalue weighted by Gasteiger charge is 2.27. The van der Waals surface area contributed by atoms with Crippen LogP contribution in [0.25, 0.3) is 0 Å². The summed E-state index contributed by atoms with van der Waals surface area (Å²) >= 11 is 1.49. The second kappa shape index (κ2) is 7.53. The van der Waals surface area contributed by atoms with Crippen molar-refractivity contribution < 1.29 is 18.4 Å². The first-order chi connectivity index (χ1) is 12.3. The van der Waals surface area contributed by atoms with Crippen LogP contribution in [0.4, 0.5) is 8.78 Å². The van der Waals surface area contributed by atoms with Gasteiger partial charge in [0.15, 0.2) is 0 Å². The molecular formula is C19H20F2N2O2S. The topological polar surface area (TPSA) is 49.4 Å². The zero-order valence-electron chi connectivity index (χ0n) is 14.6. The van der Waals surface area contributed by atoms with E-state index in [0.717, 1.165) is 22.9 Å². The summed E-state index contributed by atoms with van der Waals surface area (Å²) in [5, 5.41) is 2.73. The van der Waals surface area contributed by atoms with Gasteiger partial charge in [-0.1, -0.05) is 6.07 Å². The van der Waals surface area contributed by atoms with E-state index in [1.54, 1.807) is 19.0 Å². The van der Waals surface area contributed by atoms with E-state index in [9.17, 15) is 18.4 Å². The lowest BCUT2D eigenvalue weighted by Gasteiger charge is -2.21. The number of nitrogens with zero attached hydrogens (tertiary/aromatic N) is 1. The van der Waals surface area contributed by atoms with E-state index in [0.29, 0.717) is 17.7 Å². The van der Waals surface area contributed by atoms with Gasteiger partial charge in [0.2, 0.25) is 5.91 Å². The summed E-state index contributed by atoms with van der Waals surface area (Å²) < 4.78 is 26.6. The molecule has 0 fully saturated rings. The van der Waals surface area contributed by atoms with Gasteiger partial charge in [-0.3, -0.25) is 9.59 Å². The Hall–Kier alpha value is -2.28. The molecule has 1 aromatic carbocycles. The third-order valence-electron chi connectivity index (χ3n) is 4.54. The van der Waals surface area contributed by atoms with Gasteiger partial charge in [-0.15, -0.1) is 11.3 Å². The molecule has 2 amide bonds. The first kappa shape index (κ1) is 18.5. The smallest absolute Gasteiger partial charge is 0.263 e. The van der Waals surface area contributed by atoms with Crippen molar-refractivity contribution in [1.82, 2.24) is 10.2 Å². The Morgan fingerprint density at radius 3 is 2.73 bits per heavy atom. The van der Waals surface area contributed by atoms with Crippen molar-refractivity contribution in [2.24, 2.45) is 5.92 Å². The number of fused-ring (bicyclic) bond motifs is 1. The third-order valence-corrected chi connectivity index (χ3v) is 5.76. The highest BCUT2D eigenvalue weighted by atomic mass is 32.1. The molecule has 1 atom stereocenters. The zero-order valence-corrected chi connectivity index (χ0v) is 15.5. The Labute approximate surface area is 154 Å². The summed E-state index contributed by atoms with van der Waals surface area (Å²) in [6.07, 6.45) is 2.02. The molecule has 7 heteroatoms. The van der Waals surface area contributed by atoms with Crippen molar-refractivity contribution in [1.29, 1.82) is 0 Å². The number of hydrogen-bond acceptors (Lipinski definition) is 3. The minimum atomic E-state index is -0.666. The number of rotatable bonds is 4. The molecule has 1 aliphatic rings. The molecular weight excluding hydrogens is 358 g/mol. The fourth-order valence-corrected chi connectivity index (χ4v) is 4.29. The number of nitrogens with one attached hydrogen (secondary N) is 1. The number of benzene rings is 1. The first-order valence-electron chi connectivity index (χ1n) is 8.40.